The van der Waals surface area contributed by atoms with Crippen molar-refractivity contribution < 1.29 is 9.90 Å². The predicted octanol–water partition coefficient (Wildman–Crippen LogP) is 2.32. The number of rotatable bonds is 6. The third-order valence-corrected chi connectivity index (χ3v) is 3.03. The first kappa shape index (κ1) is 13.1. The molecule has 4 nitrogen and oxygen atoms in total. The van der Waals surface area contributed by atoms with Gasteiger partial charge in [-0.2, -0.15) is 0 Å². The predicted molar refractivity (Wildman–Crippen MR) is 64.9 cm³/mol. The second kappa shape index (κ2) is 5.96. The molecule has 0 atom stereocenters. The van der Waals surface area contributed by atoms with Gasteiger partial charge in [-0.15, -0.1) is 11.3 Å². The highest BCUT2D eigenvalue weighted by atomic mass is 32.1. The lowest BCUT2D eigenvalue weighted by Gasteiger charge is -2.20. The van der Waals surface area contributed by atoms with Gasteiger partial charge in [0.15, 0.2) is 5.69 Å². The van der Waals surface area contributed by atoms with Crippen LogP contribution in [0.25, 0.3) is 0 Å². The first-order chi connectivity index (χ1) is 7.52. The molecule has 5 heteroatoms. The summed E-state index contributed by atoms with van der Waals surface area (Å²) in [5.74, 6) is -0.340. The molecule has 0 aliphatic heterocycles. The van der Waals surface area contributed by atoms with Gasteiger partial charge in [-0.1, -0.05) is 20.8 Å². The molecule has 1 rings (SSSR count). The van der Waals surface area contributed by atoms with Crippen LogP contribution in [0, 0.1) is 5.92 Å². The summed E-state index contributed by atoms with van der Waals surface area (Å²) < 4.78 is 0. The first-order valence-corrected chi connectivity index (χ1v) is 6.31. The second-order valence-corrected chi connectivity index (χ2v) is 5.10. The van der Waals surface area contributed by atoms with E-state index in [2.05, 4.69) is 30.7 Å². The van der Waals surface area contributed by atoms with Gasteiger partial charge in [-0.25, -0.2) is 9.78 Å². The minimum atomic E-state index is -0.950. The SMILES string of the molecule is CCN(Cc1nc(C(=O)O)cs1)CC(C)C. The van der Waals surface area contributed by atoms with E-state index in [1.165, 1.54) is 11.3 Å². The number of aromatic nitrogens is 1. The minimum Gasteiger partial charge on any atom is -0.476 e. The van der Waals surface area contributed by atoms with E-state index >= 15 is 0 Å². The largest absolute Gasteiger partial charge is 0.476 e. The van der Waals surface area contributed by atoms with Crippen LogP contribution in [0.3, 0.4) is 0 Å². The maximum atomic E-state index is 10.7. The lowest BCUT2D eigenvalue weighted by atomic mass is 10.2. The number of carboxylic acids is 1. The molecule has 1 N–H and O–H groups in total. The van der Waals surface area contributed by atoms with Crippen molar-refractivity contribution in [2.24, 2.45) is 5.92 Å². The molecule has 90 valence electrons. The molecular formula is C11H18N2O2S. The van der Waals surface area contributed by atoms with Gasteiger partial charge in [-0.3, -0.25) is 4.90 Å². The lowest BCUT2D eigenvalue weighted by Crippen LogP contribution is -2.27. The summed E-state index contributed by atoms with van der Waals surface area (Å²) in [5, 5.41) is 11.2. The standard InChI is InChI=1S/C11H18N2O2S/c1-4-13(5-8(2)3)6-10-12-9(7-16-10)11(14)15/h7-8H,4-6H2,1-3H3,(H,14,15). The van der Waals surface area contributed by atoms with Crippen LogP contribution in [0.4, 0.5) is 0 Å². The van der Waals surface area contributed by atoms with Crippen molar-refractivity contribution in [2.45, 2.75) is 27.3 Å². The number of hydrogen-bond acceptors (Lipinski definition) is 4. The van der Waals surface area contributed by atoms with Gasteiger partial charge >= 0.3 is 5.97 Å². The summed E-state index contributed by atoms with van der Waals surface area (Å²) in [6.07, 6.45) is 0. The number of thiazole rings is 1. The fourth-order valence-corrected chi connectivity index (χ4v) is 2.30. The Kier molecular flexibility index (Phi) is 4.89. The zero-order chi connectivity index (χ0) is 12.1. The molecule has 0 aromatic carbocycles. The number of carboxylic acid groups (broad SMARTS) is 1. The van der Waals surface area contributed by atoms with Crippen LogP contribution in [0.5, 0.6) is 0 Å². The Hall–Kier alpha value is -0.940. The van der Waals surface area contributed by atoms with Crippen LogP contribution < -0.4 is 0 Å². The highest BCUT2D eigenvalue weighted by molar-refractivity contribution is 7.09. The molecule has 0 aliphatic rings. The second-order valence-electron chi connectivity index (χ2n) is 4.15. The Morgan fingerprint density at radius 2 is 2.31 bits per heavy atom. The van der Waals surface area contributed by atoms with Crippen LogP contribution in [-0.2, 0) is 6.54 Å². The van der Waals surface area contributed by atoms with Gasteiger partial charge < -0.3 is 5.11 Å². The van der Waals surface area contributed by atoms with E-state index in [9.17, 15) is 4.79 Å². The molecule has 0 saturated heterocycles. The number of hydrogen-bond donors (Lipinski definition) is 1. The Morgan fingerprint density at radius 3 is 2.75 bits per heavy atom. The van der Waals surface area contributed by atoms with E-state index in [0.717, 1.165) is 24.6 Å². The van der Waals surface area contributed by atoms with Crippen LogP contribution >= 0.6 is 11.3 Å². The van der Waals surface area contributed by atoms with Crippen molar-refractivity contribution >= 4 is 17.3 Å². The summed E-state index contributed by atoms with van der Waals surface area (Å²) in [6.45, 7) is 9.17. The third-order valence-electron chi connectivity index (χ3n) is 2.20. The van der Waals surface area contributed by atoms with Crippen LogP contribution in [0.1, 0.15) is 36.3 Å². The first-order valence-electron chi connectivity index (χ1n) is 5.43. The van der Waals surface area contributed by atoms with Crippen molar-refractivity contribution in [3.05, 3.63) is 16.1 Å². The summed E-state index contributed by atoms with van der Waals surface area (Å²) in [5.41, 5.74) is 0.153. The average molecular weight is 242 g/mol. The molecule has 0 unspecified atom stereocenters. The number of nitrogens with zero attached hydrogens (tertiary/aromatic N) is 2. The van der Waals surface area contributed by atoms with E-state index in [1.807, 2.05) is 0 Å². The molecule has 0 spiro atoms. The van der Waals surface area contributed by atoms with E-state index in [4.69, 9.17) is 5.11 Å². The van der Waals surface area contributed by atoms with Crippen molar-refractivity contribution in [1.82, 2.24) is 9.88 Å². The zero-order valence-electron chi connectivity index (χ0n) is 9.93. The highest BCUT2D eigenvalue weighted by Gasteiger charge is 2.12. The smallest absolute Gasteiger partial charge is 0.355 e. The molecular weight excluding hydrogens is 224 g/mol. The summed E-state index contributed by atoms with van der Waals surface area (Å²) >= 11 is 1.42. The Bertz CT molecular complexity index is 350. The van der Waals surface area contributed by atoms with Crippen LogP contribution in [0.15, 0.2) is 5.38 Å². The van der Waals surface area contributed by atoms with Crippen LogP contribution in [-0.4, -0.2) is 34.0 Å². The van der Waals surface area contributed by atoms with E-state index in [0.29, 0.717) is 5.92 Å². The van der Waals surface area contributed by atoms with Gasteiger partial charge in [-0.05, 0) is 12.5 Å². The molecule has 1 heterocycles. The van der Waals surface area contributed by atoms with Gasteiger partial charge in [0.1, 0.15) is 5.01 Å². The molecule has 0 aliphatic carbocycles. The number of aromatic carboxylic acids is 1. The van der Waals surface area contributed by atoms with Crippen LogP contribution in [0.2, 0.25) is 0 Å². The quantitative estimate of drug-likeness (QED) is 0.831. The van der Waals surface area contributed by atoms with Crippen molar-refractivity contribution in [3.8, 4) is 0 Å². The fourth-order valence-electron chi connectivity index (χ4n) is 1.49. The molecule has 0 saturated carbocycles. The summed E-state index contributed by atoms with van der Waals surface area (Å²) in [6, 6.07) is 0. The maximum absolute atomic E-state index is 10.7. The fraction of sp³-hybridized carbons (Fsp3) is 0.636. The average Bonchev–Trinajstić information content (AvgIpc) is 2.64. The maximum Gasteiger partial charge on any atom is 0.355 e. The normalized spacial score (nSPS) is 11.3. The molecule has 1 aromatic rings. The monoisotopic (exact) mass is 242 g/mol. The van der Waals surface area contributed by atoms with E-state index in [-0.39, 0.29) is 5.69 Å². The Labute approximate surface area is 99.9 Å². The summed E-state index contributed by atoms with van der Waals surface area (Å²) in [4.78, 5) is 17.0. The molecule has 0 amide bonds. The molecule has 1 aromatic heterocycles. The number of carbonyl (C=O) groups is 1. The van der Waals surface area contributed by atoms with Gasteiger partial charge in [0.25, 0.3) is 0 Å². The molecule has 16 heavy (non-hydrogen) atoms. The van der Waals surface area contributed by atoms with Gasteiger partial charge in [0.05, 0.1) is 6.54 Å². The lowest BCUT2D eigenvalue weighted by molar-refractivity contribution is 0.0691. The van der Waals surface area contributed by atoms with E-state index < -0.39 is 5.97 Å². The van der Waals surface area contributed by atoms with E-state index in [1.54, 1.807) is 5.38 Å². The van der Waals surface area contributed by atoms with Crippen molar-refractivity contribution in [3.63, 3.8) is 0 Å². The minimum absolute atomic E-state index is 0.153. The summed E-state index contributed by atoms with van der Waals surface area (Å²) in [7, 11) is 0. The third kappa shape index (κ3) is 3.90. The zero-order valence-corrected chi connectivity index (χ0v) is 10.8. The van der Waals surface area contributed by atoms with Crippen molar-refractivity contribution in [1.29, 1.82) is 0 Å². The topological polar surface area (TPSA) is 53.4 Å². The highest BCUT2D eigenvalue weighted by Crippen LogP contribution is 2.13. The van der Waals surface area contributed by atoms with Gasteiger partial charge in [0, 0.05) is 11.9 Å². The van der Waals surface area contributed by atoms with Gasteiger partial charge in [0.2, 0.25) is 0 Å². The molecule has 0 fully saturated rings. The Morgan fingerprint density at radius 1 is 1.62 bits per heavy atom. The molecule has 0 radical (unpaired) electrons. The Balaban J connectivity index is 2.59. The molecule has 0 bridgehead atoms. The van der Waals surface area contributed by atoms with Crippen molar-refractivity contribution in [2.75, 3.05) is 13.1 Å².